The van der Waals surface area contributed by atoms with Crippen molar-refractivity contribution in [2.24, 2.45) is 0 Å². The number of nitrogens with one attached hydrogen (secondary N) is 2. The number of hydrogen-bond donors (Lipinski definition) is 2. The molecule has 1 aromatic heterocycles. The fourth-order valence-corrected chi connectivity index (χ4v) is 3.72. The number of aromatic nitrogens is 2. The number of nitrogens with zero attached hydrogens (tertiary/aromatic N) is 2. The summed E-state index contributed by atoms with van der Waals surface area (Å²) < 4.78 is 12.5. The monoisotopic (exact) mass is 498 g/mol. The molecule has 3 aromatic carbocycles. The number of benzene rings is 3. The maximum absolute atomic E-state index is 12.3. The predicted molar refractivity (Wildman–Crippen MR) is 126 cm³/mol. The molecule has 7 nitrogen and oxygen atoms in total. The van der Waals surface area contributed by atoms with Gasteiger partial charge in [-0.2, -0.15) is 0 Å². The van der Waals surface area contributed by atoms with Crippen LogP contribution in [0.2, 0.25) is -0.511 Å². The van der Waals surface area contributed by atoms with E-state index in [-0.39, 0.29) is 5.91 Å². The van der Waals surface area contributed by atoms with Gasteiger partial charge in [-0.15, -0.1) is 0 Å². The van der Waals surface area contributed by atoms with Gasteiger partial charge in [-0.3, -0.25) is 4.79 Å². The van der Waals surface area contributed by atoms with Gasteiger partial charge in [0.1, 0.15) is 0 Å². The molecule has 4 rings (SSSR count). The van der Waals surface area contributed by atoms with Crippen molar-refractivity contribution in [3.8, 4) is 11.5 Å². The third-order valence-corrected chi connectivity index (χ3v) is 5.83. The summed E-state index contributed by atoms with van der Waals surface area (Å²) in [6.45, 7) is 0.696. The van der Waals surface area contributed by atoms with E-state index in [0.717, 1.165) is 16.1 Å². The summed E-state index contributed by atoms with van der Waals surface area (Å²) in [4.78, 5) is 21.1. The Labute approximate surface area is 225 Å². The Kier molecular flexibility index (Phi) is 7.86. The molecule has 0 bridgehead atoms. The molecular weight excluding hydrogens is 478 g/mol. The number of hydrogen-bond acceptors (Lipinski definition) is 6. The molecule has 0 aliphatic rings. The van der Waals surface area contributed by atoms with Crippen LogP contribution in [0, 0.1) is 0 Å². The molecule has 156 valence electrons. The molecule has 8 heteroatoms. The van der Waals surface area contributed by atoms with Gasteiger partial charge in [-0.1, -0.05) is 18.2 Å². The first kappa shape index (κ1) is 22.9. The first-order valence-corrected chi connectivity index (χ1v) is 13.8. The van der Waals surface area contributed by atoms with Crippen LogP contribution in [0.3, 0.4) is 0 Å². The van der Waals surface area contributed by atoms with Gasteiger partial charge in [-0.25, -0.2) is 0 Å². The summed E-state index contributed by atoms with van der Waals surface area (Å²) >= 11 is 0.590. The quantitative estimate of drug-likeness (QED) is 0.369. The SMILES string of the molecule is COc1cc2c(Nc3ccc(NC(=O)c4ccccc4)cc3)ncnc2cc1OC[CH2][Rb]. The van der Waals surface area contributed by atoms with Gasteiger partial charge >= 0.3 is 170 Å². The molecule has 0 atom stereocenters. The molecule has 0 saturated carbocycles. The van der Waals surface area contributed by atoms with Gasteiger partial charge in [0.25, 0.3) is 5.91 Å². The first-order valence-electron chi connectivity index (χ1n) is 10.4. The van der Waals surface area contributed by atoms with Crippen molar-refractivity contribution < 1.29 is 14.3 Å². The summed E-state index contributed by atoms with van der Waals surface area (Å²) in [6.07, 6.45) is 1.52. The van der Waals surface area contributed by atoms with E-state index in [1.54, 1.807) is 19.2 Å². The van der Waals surface area contributed by atoms with E-state index in [2.05, 4.69) is 20.6 Å². The number of carbonyl (C=O) groups is 1. The standard InChI is InChI=1S/C24H21N4O3.Rb/c1-3-31-22-14-20-19(13-21(22)30-2)23(26-15-25-20)27-17-9-11-18(12-10-17)28-24(29)16-7-5-4-6-8-16;/h4-15H,1,3H2,2H3,(H,28,29)(H,25,26,27);. The van der Waals surface area contributed by atoms with Crippen molar-refractivity contribution in [2.45, 2.75) is -0.511 Å². The van der Waals surface area contributed by atoms with Crippen molar-refractivity contribution in [2.75, 3.05) is 24.4 Å². The Morgan fingerprint density at radius 1 is 0.969 bits per heavy atom. The molecule has 0 unspecified atom stereocenters. The molecular formula is C24H21N4O3Rb. The predicted octanol–water partition coefficient (Wildman–Crippen LogP) is 4.60. The zero-order valence-electron chi connectivity index (χ0n) is 18.0. The Balaban J connectivity index is 1.53. The molecule has 2 N–H and O–H groups in total. The van der Waals surface area contributed by atoms with Crippen molar-refractivity contribution in [1.82, 2.24) is 9.97 Å². The molecule has 0 aliphatic carbocycles. The normalized spacial score (nSPS) is 10.6. The van der Waals surface area contributed by atoms with Crippen LogP contribution in [-0.4, -0.2) is 85.1 Å². The molecule has 0 aliphatic heterocycles. The van der Waals surface area contributed by atoms with E-state index in [9.17, 15) is 4.79 Å². The summed E-state index contributed by atoms with van der Waals surface area (Å²) in [5.74, 6) is 1.85. The van der Waals surface area contributed by atoms with Crippen molar-refractivity contribution >= 4 is 89.5 Å². The number of rotatable bonds is 8. The van der Waals surface area contributed by atoms with Crippen LogP contribution in [0.4, 0.5) is 17.2 Å². The average Bonchev–Trinajstić information content (AvgIpc) is 2.84. The maximum atomic E-state index is 12.3. The third-order valence-electron chi connectivity index (χ3n) is 4.82. The molecule has 0 fully saturated rings. The fraction of sp³-hybridized carbons (Fsp3) is 0.125. The summed E-state index contributed by atoms with van der Waals surface area (Å²) in [5, 5.41) is 7.05. The van der Waals surface area contributed by atoms with Crippen LogP contribution in [0.15, 0.2) is 73.1 Å². The van der Waals surface area contributed by atoms with Crippen LogP contribution < -0.4 is 20.1 Å². The number of methoxy groups -OCH3 is 1. The van der Waals surface area contributed by atoms with Gasteiger partial charge < -0.3 is 5.32 Å². The van der Waals surface area contributed by atoms with E-state index in [4.69, 9.17) is 9.47 Å². The van der Waals surface area contributed by atoms with E-state index < -0.39 is 0 Å². The fourth-order valence-electron chi connectivity index (χ4n) is 3.21. The van der Waals surface area contributed by atoms with Crippen molar-refractivity contribution in [3.63, 3.8) is 0 Å². The zero-order valence-corrected chi connectivity index (χ0v) is 22.9. The Morgan fingerprint density at radius 3 is 2.44 bits per heavy atom. The van der Waals surface area contributed by atoms with E-state index in [1.807, 2.05) is 54.6 Å². The molecule has 1 amide bonds. The van der Waals surface area contributed by atoms with Gasteiger partial charge in [0, 0.05) is 11.3 Å². The second-order valence-electron chi connectivity index (χ2n) is 7.11. The average molecular weight is 499 g/mol. The minimum atomic E-state index is -0.148. The van der Waals surface area contributed by atoms with Crippen LogP contribution in [0.5, 0.6) is 11.5 Å². The van der Waals surface area contributed by atoms with E-state index in [1.165, 1.54) is 6.33 Å². The number of anilines is 3. The minimum absolute atomic E-state index is 0.148. The number of amides is 1. The summed E-state index contributed by atoms with van der Waals surface area (Å²) in [7, 11) is 1.62. The number of fused-ring (bicyclic) bond motifs is 1. The van der Waals surface area contributed by atoms with Gasteiger partial charge in [-0.05, 0) is 12.1 Å². The molecule has 1 heterocycles. The number of ether oxygens (including phenoxy) is 2. The first-order chi connectivity index (χ1) is 15.7. The van der Waals surface area contributed by atoms with Crippen LogP contribution >= 0.6 is 0 Å². The Hall–Kier alpha value is -2.32. The molecule has 4 aromatic rings. The summed E-state index contributed by atoms with van der Waals surface area (Å²) in [6, 6.07) is 20.3. The topological polar surface area (TPSA) is 85.4 Å². The molecule has 0 spiro atoms. The molecule has 32 heavy (non-hydrogen) atoms. The molecule has 0 saturated heterocycles. The number of carbonyl (C=O) groups excluding carboxylic acids is 1. The van der Waals surface area contributed by atoms with Crippen LogP contribution in [0.1, 0.15) is 10.4 Å². The van der Waals surface area contributed by atoms with Crippen LogP contribution in [0.25, 0.3) is 10.9 Å². The Bertz CT molecular complexity index is 1220. The second-order valence-corrected chi connectivity index (χ2v) is 9.57. The Morgan fingerprint density at radius 2 is 1.72 bits per heavy atom. The zero-order chi connectivity index (χ0) is 22.3. The molecule has 0 radical (unpaired) electrons. The van der Waals surface area contributed by atoms with E-state index >= 15 is 0 Å². The van der Waals surface area contributed by atoms with Crippen LogP contribution in [-0.2, 0) is 0 Å². The van der Waals surface area contributed by atoms with E-state index in [0.29, 0.717) is 90.7 Å². The van der Waals surface area contributed by atoms with Gasteiger partial charge in [0.05, 0.1) is 0 Å². The van der Waals surface area contributed by atoms with Crippen molar-refractivity contribution in [3.05, 3.63) is 78.6 Å². The summed E-state index contributed by atoms with van der Waals surface area (Å²) in [5.41, 5.74) is 2.92. The van der Waals surface area contributed by atoms with Gasteiger partial charge in [0.2, 0.25) is 0 Å². The van der Waals surface area contributed by atoms with Gasteiger partial charge in [0.15, 0.2) is 0 Å². The van der Waals surface area contributed by atoms with Crippen molar-refractivity contribution in [1.29, 1.82) is 0 Å². The second kappa shape index (κ2) is 11.0. The third kappa shape index (κ3) is 5.53.